The molecular formula is C21H22ClN3O2. The Kier molecular flexibility index (Phi) is 5.73. The van der Waals surface area contributed by atoms with E-state index in [2.05, 4.69) is 5.32 Å². The zero-order valence-corrected chi connectivity index (χ0v) is 16.0. The van der Waals surface area contributed by atoms with Crippen LogP contribution in [0.5, 0.6) is 0 Å². The van der Waals surface area contributed by atoms with Gasteiger partial charge >= 0.3 is 5.97 Å². The number of aromatic nitrogens is 2. The average Bonchev–Trinajstić information content (AvgIpc) is 2.73. The molecule has 2 aromatic carbocycles. The number of carbonyl (C=O) groups excluding carboxylic acids is 1. The van der Waals surface area contributed by atoms with Crippen LogP contribution in [-0.4, -0.2) is 36.1 Å². The monoisotopic (exact) mass is 383 g/mol. The molecule has 0 aliphatic carbocycles. The van der Waals surface area contributed by atoms with Crippen LogP contribution in [0.1, 0.15) is 18.7 Å². The van der Waals surface area contributed by atoms with Crippen molar-refractivity contribution in [1.82, 2.24) is 15.3 Å². The molecule has 1 aliphatic heterocycles. The number of carbonyl (C=O) groups is 1. The molecule has 2 heterocycles. The maximum absolute atomic E-state index is 12.7. The minimum atomic E-state index is -0.798. The Labute approximate surface area is 164 Å². The molecule has 6 heteroatoms. The molecule has 0 amide bonds. The first-order valence-corrected chi connectivity index (χ1v) is 8.86. The second-order valence-corrected chi connectivity index (χ2v) is 6.60. The van der Waals surface area contributed by atoms with E-state index < -0.39 is 5.41 Å². The summed E-state index contributed by atoms with van der Waals surface area (Å²) in [4.78, 5) is 22.4. The SMILES string of the molecule is COC(=O)C1(c2nc(-c3ccccc3)c3ccccc3n2)CCNCC1.Cl. The molecule has 1 fully saturated rings. The molecule has 5 nitrogen and oxygen atoms in total. The number of hydrogen-bond donors (Lipinski definition) is 1. The number of nitrogens with zero attached hydrogens (tertiary/aromatic N) is 2. The summed E-state index contributed by atoms with van der Waals surface area (Å²) in [5.41, 5.74) is 1.92. The van der Waals surface area contributed by atoms with E-state index in [1.54, 1.807) is 0 Å². The highest BCUT2D eigenvalue weighted by Gasteiger charge is 2.45. The minimum absolute atomic E-state index is 0. The van der Waals surface area contributed by atoms with Gasteiger partial charge < -0.3 is 10.1 Å². The molecule has 3 aromatic rings. The third-order valence-corrected chi connectivity index (χ3v) is 5.11. The van der Waals surface area contributed by atoms with E-state index in [9.17, 15) is 4.79 Å². The maximum atomic E-state index is 12.7. The van der Waals surface area contributed by atoms with Crippen molar-refractivity contribution in [2.75, 3.05) is 20.2 Å². The number of para-hydroxylation sites is 1. The first-order chi connectivity index (χ1) is 12.7. The van der Waals surface area contributed by atoms with Gasteiger partial charge in [0.05, 0.1) is 18.3 Å². The van der Waals surface area contributed by atoms with E-state index in [1.807, 2.05) is 54.6 Å². The highest BCUT2D eigenvalue weighted by atomic mass is 35.5. The summed E-state index contributed by atoms with van der Waals surface area (Å²) in [6, 6.07) is 18.0. The fourth-order valence-corrected chi connectivity index (χ4v) is 3.67. The topological polar surface area (TPSA) is 64.1 Å². The van der Waals surface area contributed by atoms with Crippen LogP contribution in [0.25, 0.3) is 22.2 Å². The summed E-state index contributed by atoms with van der Waals surface area (Å²) < 4.78 is 5.16. The molecule has 1 N–H and O–H groups in total. The zero-order chi connectivity index (χ0) is 18.0. The maximum Gasteiger partial charge on any atom is 0.319 e. The summed E-state index contributed by atoms with van der Waals surface area (Å²) in [6.07, 6.45) is 1.26. The first kappa shape index (κ1) is 19.3. The van der Waals surface area contributed by atoms with Gasteiger partial charge in [-0.1, -0.05) is 48.5 Å². The van der Waals surface area contributed by atoms with Gasteiger partial charge in [-0.25, -0.2) is 9.97 Å². The van der Waals surface area contributed by atoms with Gasteiger partial charge in [0.2, 0.25) is 0 Å². The van der Waals surface area contributed by atoms with Gasteiger partial charge in [0.1, 0.15) is 11.2 Å². The number of esters is 1. The highest BCUT2D eigenvalue weighted by molar-refractivity contribution is 5.93. The second-order valence-electron chi connectivity index (χ2n) is 6.60. The average molecular weight is 384 g/mol. The van der Waals surface area contributed by atoms with Crippen molar-refractivity contribution in [3.05, 3.63) is 60.4 Å². The Hall–Kier alpha value is -2.50. The van der Waals surface area contributed by atoms with Crippen molar-refractivity contribution in [2.45, 2.75) is 18.3 Å². The normalized spacial score (nSPS) is 15.7. The van der Waals surface area contributed by atoms with E-state index in [0.717, 1.165) is 35.2 Å². The highest BCUT2D eigenvalue weighted by Crippen LogP contribution is 2.36. The lowest BCUT2D eigenvalue weighted by molar-refractivity contribution is -0.149. The number of rotatable bonds is 3. The molecule has 0 atom stereocenters. The quantitative estimate of drug-likeness (QED) is 0.701. The lowest BCUT2D eigenvalue weighted by Crippen LogP contribution is -2.47. The molecule has 0 unspecified atom stereocenters. The van der Waals surface area contributed by atoms with Crippen molar-refractivity contribution in [1.29, 1.82) is 0 Å². The van der Waals surface area contributed by atoms with Crippen molar-refractivity contribution >= 4 is 29.3 Å². The number of benzene rings is 2. The Balaban J connectivity index is 0.00000210. The van der Waals surface area contributed by atoms with Gasteiger partial charge in [-0.2, -0.15) is 0 Å². The van der Waals surface area contributed by atoms with Crippen LogP contribution in [-0.2, 0) is 14.9 Å². The van der Waals surface area contributed by atoms with Crippen molar-refractivity contribution < 1.29 is 9.53 Å². The number of ether oxygens (including phenoxy) is 1. The standard InChI is InChI=1S/C21H21N3O2.ClH/c1-26-20(25)21(11-13-22-14-12-21)19-23-17-10-6-5-9-16(17)18(24-19)15-7-3-2-4-8-15;/h2-10,22H,11-14H2,1H3;1H. The molecule has 0 spiro atoms. The number of halogens is 1. The van der Waals surface area contributed by atoms with Gasteiger partial charge in [0.15, 0.2) is 0 Å². The van der Waals surface area contributed by atoms with E-state index in [-0.39, 0.29) is 18.4 Å². The van der Waals surface area contributed by atoms with Crippen molar-refractivity contribution in [2.24, 2.45) is 0 Å². The van der Waals surface area contributed by atoms with Crippen LogP contribution >= 0.6 is 12.4 Å². The van der Waals surface area contributed by atoms with Crippen molar-refractivity contribution in [3.8, 4) is 11.3 Å². The summed E-state index contributed by atoms with van der Waals surface area (Å²) in [6.45, 7) is 1.48. The Bertz CT molecular complexity index is 941. The van der Waals surface area contributed by atoms with Gasteiger partial charge in [-0.05, 0) is 32.0 Å². The smallest absolute Gasteiger partial charge is 0.319 e. The Morgan fingerprint density at radius 3 is 2.37 bits per heavy atom. The van der Waals surface area contributed by atoms with E-state index >= 15 is 0 Å². The largest absolute Gasteiger partial charge is 0.468 e. The van der Waals surface area contributed by atoms with Gasteiger partial charge in [0, 0.05) is 10.9 Å². The molecule has 0 saturated carbocycles. The molecule has 1 saturated heterocycles. The molecule has 0 bridgehead atoms. The van der Waals surface area contributed by atoms with E-state index in [1.165, 1.54) is 7.11 Å². The second kappa shape index (κ2) is 8.03. The van der Waals surface area contributed by atoms with Gasteiger partial charge in [-0.15, -0.1) is 12.4 Å². The zero-order valence-electron chi connectivity index (χ0n) is 15.1. The Morgan fingerprint density at radius 1 is 1.00 bits per heavy atom. The number of fused-ring (bicyclic) bond motifs is 1. The van der Waals surface area contributed by atoms with Gasteiger partial charge in [0.25, 0.3) is 0 Å². The van der Waals surface area contributed by atoms with Crippen LogP contribution < -0.4 is 5.32 Å². The molecule has 27 heavy (non-hydrogen) atoms. The van der Waals surface area contributed by atoms with E-state index in [0.29, 0.717) is 18.7 Å². The molecule has 0 radical (unpaired) electrons. The lowest BCUT2D eigenvalue weighted by Gasteiger charge is -2.33. The third kappa shape index (κ3) is 3.40. The fraction of sp³-hybridized carbons (Fsp3) is 0.286. The predicted molar refractivity (Wildman–Crippen MR) is 108 cm³/mol. The van der Waals surface area contributed by atoms with Crippen LogP contribution in [0.4, 0.5) is 0 Å². The molecule has 1 aliphatic rings. The Morgan fingerprint density at radius 2 is 1.67 bits per heavy atom. The van der Waals surface area contributed by atoms with Crippen LogP contribution in [0.3, 0.4) is 0 Å². The summed E-state index contributed by atoms with van der Waals surface area (Å²) in [5, 5.41) is 4.29. The van der Waals surface area contributed by atoms with Crippen molar-refractivity contribution in [3.63, 3.8) is 0 Å². The number of piperidine rings is 1. The third-order valence-electron chi connectivity index (χ3n) is 5.11. The predicted octanol–water partition coefficient (Wildman–Crippen LogP) is 3.51. The number of nitrogens with one attached hydrogen (secondary N) is 1. The minimum Gasteiger partial charge on any atom is -0.468 e. The van der Waals surface area contributed by atoms with E-state index in [4.69, 9.17) is 14.7 Å². The number of hydrogen-bond acceptors (Lipinski definition) is 5. The molecular weight excluding hydrogens is 362 g/mol. The number of methoxy groups -OCH3 is 1. The van der Waals surface area contributed by atoms with Gasteiger partial charge in [-0.3, -0.25) is 4.79 Å². The van der Waals surface area contributed by atoms with Crippen LogP contribution in [0.2, 0.25) is 0 Å². The van der Waals surface area contributed by atoms with Crippen LogP contribution in [0, 0.1) is 0 Å². The molecule has 1 aromatic heterocycles. The fourth-order valence-electron chi connectivity index (χ4n) is 3.67. The molecule has 4 rings (SSSR count). The summed E-state index contributed by atoms with van der Waals surface area (Å²) in [7, 11) is 1.44. The lowest BCUT2D eigenvalue weighted by atomic mass is 9.77. The summed E-state index contributed by atoms with van der Waals surface area (Å²) >= 11 is 0. The molecule has 140 valence electrons. The summed E-state index contributed by atoms with van der Waals surface area (Å²) in [5.74, 6) is 0.302. The first-order valence-electron chi connectivity index (χ1n) is 8.86. The van der Waals surface area contributed by atoms with Crippen LogP contribution in [0.15, 0.2) is 54.6 Å².